The van der Waals surface area contributed by atoms with E-state index in [1.165, 1.54) is 43.0 Å². The lowest BCUT2D eigenvalue weighted by atomic mass is 9.99. The van der Waals surface area contributed by atoms with Crippen LogP contribution in [0.3, 0.4) is 0 Å². The summed E-state index contributed by atoms with van der Waals surface area (Å²) in [5, 5.41) is 80.4. The zero-order chi connectivity index (χ0) is 87.1. The molecule has 1 aliphatic rings. The number of likely N-dealkylation sites (tertiary alicyclic amines) is 1. The lowest BCUT2D eigenvalue weighted by molar-refractivity contribution is -0.142. The van der Waals surface area contributed by atoms with Gasteiger partial charge < -0.3 is 106 Å². The molecule has 1 fully saturated rings. The van der Waals surface area contributed by atoms with Crippen molar-refractivity contribution in [1.29, 1.82) is 5.41 Å². The summed E-state index contributed by atoms with van der Waals surface area (Å²) < 4.78 is 0. The number of halogens is 1. The summed E-state index contributed by atoms with van der Waals surface area (Å²) in [4.78, 5) is 184. The lowest BCUT2D eigenvalue weighted by Gasteiger charge is -2.31. The van der Waals surface area contributed by atoms with E-state index in [0.717, 1.165) is 24.6 Å². The maximum Gasteiger partial charge on any atom is 0.300 e. The minimum Gasteiger partial charge on any atom is -0.508 e. The van der Waals surface area contributed by atoms with Crippen LogP contribution in [-0.2, 0) is 88.0 Å². The molecular formula is C82H113ClN18O17. The Balaban J connectivity index is 0.00000296. The summed E-state index contributed by atoms with van der Waals surface area (Å²) in [5.41, 5.74) is 13.9. The van der Waals surface area contributed by atoms with Gasteiger partial charge in [-0.1, -0.05) is 110 Å². The van der Waals surface area contributed by atoms with Crippen molar-refractivity contribution in [3.63, 3.8) is 0 Å². The first-order chi connectivity index (χ1) is 56.1. The zero-order valence-electron chi connectivity index (χ0n) is 67.6. The summed E-state index contributed by atoms with van der Waals surface area (Å²) in [6, 6.07) is 19.0. The molecule has 0 spiro atoms. The second-order valence-corrected chi connectivity index (χ2v) is 29.2. The van der Waals surface area contributed by atoms with Crippen LogP contribution in [0.25, 0.3) is 21.7 Å². The number of carboxylic acids is 2. The normalized spacial score (nSPS) is 14.4. The largest absolute Gasteiger partial charge is 0.508 e. The number of aliphatic imine (C=N–C) groups is 1. The maximum atomic E-state index is 15.2. The Labute approximate surface area is 689 Å². The fraction of sp³-hybridized carbons (Fsp3) is 0.451. The average Bonchev–Trinajstić information content (AvgIpc) is 1.71. The van der Waals surface area contributed by atoms with Crippen LogP contribution < -0.4 is 75.3 Å². The number of carbonyl (C=O) groups is 13. The second-order valence-electron chi connectivity index (χ2n) is 28.8. The number of nitrogens with zero attached hydrogens (tertiary/aromatic N) is 2. The van der Waals surface area contributed by atoms with Gasteiger partial charge in [-0.3, -0.25) is 72.7 Å². The molecule has 2 heterocycles. The predicted molar refractivity (Wildman–Crippen MR) is 445 cm³/mol. The van der Waals surface area contributed by atoms with Crippen LogP contribution in [0, 0.1) is 11.3 Å². The van der Waals surface area contributed by atoms with Gasteiger partial charge in [0.25, 0.3) is 11.9 Å². The number of hydrogen-bond donors (Lipinski definition) is 20. The number of aliphatic carboxylic acids is 2. The third-order valence-corrected chi connectivity index (χ3v) is 18.8. The Bertz CT molecular complexity index is 4400. The number of aromatic amines is 1. The first kappa shape index (κ1) is 96.2. The predicted octanol–water partition coefficient (Wildman–Crippen LogP) is 2.06. The molecule has 1 aliphatic heterocycles. The van der Waals surface area contributed by atoms with Crippen molar-refractivity contribution in [1.82, 2.24) is 73.7 Å². The number of aliphatic hydroxyl groups is 1. The number of nitrogens with one attached hydrogen (secondary N) is 14. The molecule has 36 heteroatoms. The summed E-state index contributed by atoms with van der Waals surface area (Å²) in [6.45, 7) is 12.9. The van der Waals surface area contributed by atoms with Gasteiger partial charge in [-0.25, -0.2) is 0 Å². The minimum atomic E-state index is -1.83. The van der Waals surface area contributed by atoms with Gasteiger partial charge in [0.15, 0.2) is 11.9 Å². The fourth-order valence-electron chi connectivity index (χ4n) is 12.8. The molecule has 1 saturated heterocycles. The highest BCUT2D eigenvalue weighted by atomic mass is 35.5. The van der Waals surface area contributed by atoms with Gasteiger partial charge in [-0.15, -0.1) is 0 Å². The number of phenolic OH excluding ortho intramolecular Hbond substituents is 1. The molecule has 640 valence electrons. The topological polar surface area (TPSA) is 554 Å². The van der Waals surface area contributed by atoms with Crippen LogP contribution in [0.5, 0.6) is 5.75 Å². The Hall–Kier alpha value is -12.4. The number of H-pyrrole nitrogens is 1. The average molecular weight is 1660 g/mol. The van der Waals surface area contributed by atoms with Gasteiger partial charge in [0.2, 0.25) is 65.0 Å². The monoisotopic (exact) mass is 1660 g/mol. The maximum absolute atomic E-state index is 15.2. The van der Waals surface area contributed by atoms with E-state index in [4.69, 9.17) is 48.3 Å². The van der Waals surface area contributed by atoms with Crippen molar-refractivity contribution in [2.24, 2.45) is 22.4 Å². The molecule has 0 unspecified atom stereocenters. The molecule has 5 aromatic carbocycles. The molecule has 118 heavy (non-hydrogen) atoms. The Morgan fingerprint density at radius 1 is 0.559 bits per heavy atom. The third kappa shape index (κ3) is 33.4. The molecule has 0 bridgehead atoms. The highest BCUT2D eigenvalue weighted by Gasteiger charge is 2.41. The molecular weight excluding hydrogens is 1540 g/mol. The number of rotatable bonds is 41. The van der Waals surface area contributed by atoms with Crippen LogP contribution in [0.2, 0.25) is 5.02 Å². The van der Waals surface area contributed by atoms with E-state index in [9.17, 15) is 43.8 Å². The number of aromatic nitrogens is 1. The number of amides is 11. The highest BCUT2D eigenvalue weighted by molar-refractivity contribution is 6.30. The minimum absolute atomic E-state index is 0.0114. The summed E-state index contributed by atoms with van der Waals surface area (Å²) in [6.07, 6.45) is 2.52. The summed E-state index contributed by atoms with van der Waals surface area (Å²) in [7, 11) is 0. The van der Waals surface area contributed by atoms with Gasteiger partial charge >= 0.3 is 0 Å². The number of phenols is 1. The quantitative estimate of drug-likeness (QED) is 0.0148. The molecule has 0 saturated carbocycles. The van der Waals surface area contributed by atoms with Crippen LogP contribution in [0.1, 0.15) is 129 Å². The molecule has 22 N–H and O–H groups in total. The summed E-state index contributed by atoms with van der Waals surface area (Å²) >= 11 is 6.28. The second kappa shape index (κ2) is 49.5. The van der Waals surface area contributed by atoms with Crippen LogP contribution in [0.4, 0.5) is 0 Å². The number of para-hydroxylation sites is 1. The van der Waals surface area contributed by atoms with Crippen molar-refractivity contribution < 1.29 is 82.8 Å². The number of unbranched alkanes of at least 4 members (excludes halogenated alkanes) is 1. The molecule has 35 nitrogen and oxygen atoms in total. The first-order valence-electron chi connectivity index (χ1n) is 39.0. The number of hydrogen-bond acceptors (Lipinski definition) is 17. The molecule has 0 aliphatic carbocycles. The Kier molecular flexibility index (Phi) is 40.3. The van der Waals surface area contributed by atoms with Gasteiger partial charge in [-0.05, 0) is 141 Å². The van der Waals surface area contributed by atoms with Gasteiger partial charge in [0.1, 0.15) is 66.2 Å². The number of carbonyl (C=O) groups excluding carboxylic acids is 11. The van der Waals surface area contributed by atoms with Crippen molar-refractivity contribution in [3.05, 3.63) is 149 Å². The third-order valence-electron chi connectivity index (χ3n) is 18.5. The van der Waals surface area contributed by atoms with E-state index in [1.807, 2.05) is 62.4 Å². The molecule has 10 atom stereocenters. The SMILES string of the molecule is CC(=O)O.CC(=O)O.CCNC(=NCCCC[C@@H](NC(=O)[C@H](Cc1ccc(O)cc1)NC(=O)[C@H](CO)NC(=O)[C@@H](Cc1c[nH]c2ccccc12)NC(=O)[C@@H](Cc1ccc(Cl)cc1)NC(=O)[C@@H](Cc1ccc2ccccc2c1)NC(C)=O)C(=O)N[C@@H](CC(C)C)C(=O)N[C@@H](CCCNC(=N)N)C(=O)N1CCC[C@H]1C(=O)N[C@H](C)C(N)=O)NCC. The molecule has 11 amide bonds. The molecule has 0 radical (unpaired) electrons. The van der Waals surface area contributed by atoms with Crippen LogP contribution >= 0.6 is 11.6 Å². The van der Waals surface area contributed by atoms with E-state index in [1.54, 1.807) is 62.5 Å². The van der Waals surface area contributed by atoms with Crippen LogP contribution in [0.15, 0.2) is 126 Å². The standard InChI is InChI=1S/C78H105ClN18O13.2C2H4O2/c1-7-83-78(84-8-2)86-34-14-13-21-58(68(102)92-60(37-45(3)4)69(103)91-59(22-15-35-85-77(81)82)76(110)97-36-16-23-66(97)75(109)88-46(5)67(80)101)90-71(105)62(40-49-27-32-55(100)33-28-49)94-74(108)65(44-98)96-73(107)64(42-53-43-87-57-20-12-11-19-56(53)57)95-72(106)63(39-48-25-30-54(79)31-26-48)93-70(104)61(89-47(6)99)41-50-24-29-51-17-9-10-18-52(51)38-50;2*1-2(3)4/h9-12,17-20,24-33,38,43,45-46,58-66,87,98,100H,7-8,13-16,21-23,34-37,39-42,44H2,1-6H3,(H2,80,101)(H,88,109)(H,89,99)(H,90,105)(H,91,103)(H,92,102)(H,93,104)(H,94,108)(H,95,106)(H,96,107)(H4,81,82,85)(H2,83,84,86);2*1H3,(H,3,4)/t46-,58-,59+,60+,61-,62+,63-,64-,65+,66+;;/m1../s1. The number of aromatic hydroxyl groups is 1. The number of nitrogens with two attached hydrogens (primary N) is 2. The van der Waals surface area contributed by atoms with E-state index in [2.05, 4.69) is 73.8 Å². The molecule has 6 aromatic rings. The van der Waals surface area contributed by atoms with Gasteiger partial charge in [0, 0.05) is 101 Å². The number of primary amides is 1. The number of fused-ring (bicyclic) bond motifs is 2. The Morgan fingerprint density at radius 3 is 1.59 bits per heavy atom. The highest BCUT2D eigenvalue weighted by Crippen LogP contribution is 2.24. The van der Waals surface area contributed by atoms with Gasteiger partial charge in [0.05, 0.1) is 6.61 Å². The zero-order valence-corrected chi connectivity index (χ0v) is 68.4. The van der Waals surface area contributed by atoms with Crippen LogP contribution in [-0.4, -0.2) is 219 Å². The number of benzene rings is 5. The molecule has 1 aromatic heterocycles. The summed E-state index contributed by atoms with van der Waals surface area (Å²) in [5.74, 6) is -10.6. The first-order valence-corrected chi connectivity index (χ1v) is 39.4. The van der Waals surface area contributed by atoms with E-state index in [-0.39, 0.29) is 101 Å². The van der Waals surface area contributed by atoms with E-state index >= 15 is 19.2 Å². The smallest absolute Gasteiger partial charge is 0.300 e. The van der Waals surface area contributed by atoms with Gasteiger partial charge in [-0.2, -0.15) is 0 Å². The van der Waals surface area contributed by atoms with Crippen molar-refractivity contribution in [2.45, 2.75) is 193 Å². The lowest BCUT2D eigenvalue weighted by Crippen LogP contribution is -2.61. The Morgan fingerprint density at radius 2 is 1.03 bits per heavy atom. The number of guanidine groups is 2. The van der Waals surface area contributed by atoms with Crippen molar-refractivity contribution >= 4 is 122 Å². The number of carboxylic acid groups (broad SMARTS) is 2. The molecule has 7 rings (SSSR count). The van der Waals surface area contributed by atoms with Crippen molar-refractivity contribution in [2.75, 3.05) is 39.3 Å². The number of aliphatic hydroxyl groups excluding tert-OH is 1. The van der Waals surface area contributed by atoms with E-state index < -0.39 is 144 Å². The van der Waals surface area contributed by atoms with Crippen molar-refractivity contribution in [3.8, 4) is 5.75 Å². The fourth-order valence-corrected chi connectivity index (χ4v) is 13.0. The van der Waals surface area contributed by atoms with E-state index in [0.29, 0.717) is 70.1 Å².